The second kappa shape index (κ2) is 5.63. The SMILES string of the molecule is CCN(Cc1ccccc1)c1ncnc(C)c1C. The summed E-state index contributed by atoms with van der Waals surface area (Å²) in [6.07, 6.45) is 1.64. The first-order chi connectivity index (χ1) is 8.72. The average molecular weight is 241 g/mol. The molecular weight excluding hydrogens is 222 g/mol. The van der Waals surface area contributed by atoms with Crippen molar-refractivity contribution in [3.63, 3.8) is 0 Å². The van der Waals surface area contributed by atoms with Crippen molar-refractivity contribution in [1.82, 2.24) is 9.97 Å². The molecule has 18 heavy (non-hydrogen) atoms. The Bertz CT molecular complexity index is 508. The van der Waals surface area contributed by atoms with Crippen LogP contribution in [0.4, 0.5) is 5.82 Å². The van der Waals surface area contributed by atoms with Gasteiger partial charge in [0.1, 0.15) is 12.1 Å². The van der Waals surface area contributed by atoms with Gasteiger partial charge in [0.2, 0.25) is 0 Å². The van der Waals surface area contributed by atoms with E-state index in [4.69, 9.17) is 0 Å². The van der Waals surface area contributed by atoms with Crippen molar-refractivity contribution in [2.24, 2.45) is 0 Å². The number of rotatable bonds is 4. The summed E-state index contributed by atoms with van der Waals surface area (Å²) < 4.78 is 0. The molecule has 0 aliphatic rings. The van der Waals surface area contributed by atoms with E-state index >= 15 is 0 Å². The molecule has 94 valence electrons. The summed E-state index contributed by atoms with van der Waals surface area (Å²) in [4.78, 5) is 10.9. The van der Waals surface area contributed by atoms with Crippen LogP contribution in [-0.4, -0.2) is 16.5 Å². The fraction of sp³-hybridized carbons (Fsp3) is 0.333. The Balaban J connectivity index is 2.26. The van der Waals surface area contributed by atoms with Crippen molar-refractivity contribution >= 4 is 5.82 Å². The highest BCUT2D eigenvalue weighted by Gasteiger charge is 2.11. The molecule has 1 aromatic heterocycles. The van der Waals surface area contributed by atoms with Gasteiger partial charge in [-0.15, -0.1) is 0 Å². The largest absolute Gasteiger partial charge is 0.352 e. The number of nitrogens with zero attached hydrogens (tertiary/aromatic N) is 3. The third-order valence-corrected chi connectivity index (χ3v) is 3.21. The molecule has 1 heterocycles. The van der Waals surface area contributed by atoms with Gasteiger partial charge in [-0.3, -0.25) is 0 Å². The summed E-state index contributed by atoms with van der Waals surface area (Å²) in [5, 5.41) is 0. The van der Waals surface area contributed by atoms with Crippen LogP contribution in [0.3, 0.4) is 0 Å². The molecule has 0 radical (unpaired) electrons. The molecule has 3 nitrogen and oxygen atoms in total. The van der Waals surface area contributed by atoms with Gasteiger partial charge in [-0.05, 0) is 26.3 Å². The van der Waals surface area contributed by atoms with E-state index in [0.717, 1.165) is 30.2 Å². The van der Waals surface area contributed by atoms with Crippen LogP contribution in [0, 0.1) is 13.8 Å². The third kappa shape index (κ3) is 2.67. The third-order valence-electron chi connectivity index (χ3n) is 3.21. The molecule has 0 aliphatic carbocycles. The highest BCUT2D eigenvalue weighted by Crippen LogP contribution is 2.20. The van der Waals surface area contributed by atoms with Gasteiger partial charge in [0.05, 0.1) is 0 Å². The summed E-state index contributed by atoms with van der Waals surface area (Å²) in [7, 11) is 0. The molecule has 0 aliphatic heterocycles. The predicted octanol–water partition coefficient (Wildman–Crippen LogP) is 3.12. The van der Waals surface area contributed by atoms with Crippen LogP contribution in [0.15, 0.2) is 36.7 Å². The zero-order chi connectivity index (χ0) is 13.0. The van der Waals surface area contributed by atoms with Gasteiger partial charge in [-0.2, -0.15) is 0 Å². The predicted molar refractivity (Wildman–Crippen MR) is 74.7 cm³/mol. The van der Waals surface area contributed by atoms with Gasteiger partial charge in [0.25, 0.3) is 0 Å². The molecule has 0 unspecified atom stereocenters. The Labute approximate surface area is 109 Å². The lowest BCUT2D eigenvalue weighted by Gasteiger charge is -2.24. The van der Waals surface area contributed by atoms with E-state index < -0.39 is 0 Å². The summed E-state index contributed by atoms with van der Waals surface area (Å²) in [6.45, 7) is 8.08. The molecule has 1 aromatic carbocycles. The number of anilines is 1. The minimum absolute atomic E-state index is 0.884. The Morgan fingerprint density at radius 2 is 1.78 bits per heavy atom. The first-order valence-electron chi connectivity index (χ1n) is 6.29. The summed E-state index contributed by atoms with van der Waals surface area (Å²) >= 11 is 0. The van der Waals surface area contributed by atoms with Crippen LogP contribution in [0.1, 0.15) is 23.7 Å². The van der Waals surface area contributed by atoms with Gasteiger partial charge in [-0.25, -0.2) is 9.97 Å². The van der Waals surface area contributed by atoms with Crippen molar-refractivity contribution in [3.05, 3.63) is 53.5 Å². The summed E-state index contributed by atoms with van der Waals surface area (Å²) in [6, 6.07) is 10.5. The number of hydrogen-bond acceptors (Lipinski definition) is 3. The minimum atomic E-state index is 0.884. The summed E-state index contributed by atoms with van der Waals surface area (Å²) in [5.41, 5.74) is 3.51. The normalized spacial score (nSPS) is 10.4. The second-order valence-electron chi connectivity index (χ2n) is 4.41. The fourth-order valence-electron chi connectivity index (χ4n) is 1.98. The van der Waals surface area contributed by atoms with Crippen molar-refractivity contribution in [1.29, 1.82) is 0 Å². The van der Waals surface area contributed by atoms with E-state index in [-0.39, 0.29) is 0 Å². The number of aromatic nitrogens is 2. The lowest BCUT2D eigenvalue weighted by Crippen LogP contribution is -2.24. The van der Waals surface area contributed by atoms with E-state index in [0.29, 0.717) is 0 Å². The van der Waals surface area contributed by atoms with Crippen LogP contribution in [-0.2, 0) is 6.54 Å². The number of benzene rings is 1. The van der Waals surface area contributed by atoms with Crippen LogP contribution in [0.5, 0.6) is 0 Å². The Morgan fingerprint density at radius 3 is 2.44 bits per heavy atom. The lowest BCUT2D eigenvalue weighted by molar-refractivity contribution is 0.801. The van der Waals surface area contributed by atoms with Gasteiger partial charge < -0.3 is 4.90 Å². The standard InChI is InChI=1S/C15H19N3/c1-4-18(10-14-8-6-5-7-9-14)15-12(2)13(3)16-11-17-15/h5-9,11H,4,10H2,1-3H3. The molecule has 0 spiro atoms. The maximum Gasteiger partial charge on any atom is 0.135 e. The first kappa shape index (κ1) is 12.6. The van der Waals surface area contributed by atoms with Crippen LogP contribution in [0.2, 0.25) is 0 Å². The van der Waals surface area contributed by atoms with E-state index in [9.17, 15) is 0 Å². The van der Waals surface area contributed by atoms with E-state index in [2.05, 4.69) is 53.0 Å². The van der Waals surface area contributed by atoms with Crippen molar-refractivity contribution in [2.45, 2.75) is 27.3 Å². The monoisotopic (exact) mass is 241 g/mol. The first-order valence-corrected chi connectivity index (χ1v) is 6.29. The molecular formula is C15H19N3. The van der Waals surface area contributed by atoms with E-state index in [1.54, 1.807) is 6.33 Å². The van der Waals surface area contributed by atoms with Crippen LogP contribution < -0.4 is 4.90 Å². The quantitative estimate of drug-likeness (QED) is 0.823. The van der Waals surface area contributed by atoms with Crippen LogP contribution >= 0.6 is 0 Å². The van der Waals surface area contributed by atoms with Crippen molar-refractivity contribution in [3.8, 4) is 0 Å². The Kier molecular flexibility index (Phi) is 3.92. The maximum absolute atomic E-state index is 4.42. The van der Waals surface area contributed by atoms with Crippen molar-refractivity contribution < 1.29 is 0 Å². The molecule has 0 N–H and O–H groups in total. The zero-order valence-corrected chi connectivity index (χ0v) is 11.2. The van der Waals surface area contributed by atoms with E-state index in [1.165, 1.54) is 5.56 Å². The van der Waals surface area contributed by atoms with Crippen LogP contribution in [0.25, 0.3) is 0 Å². The minimum Gasteiger partial charge on any atom is -0.352 e. The average Bonchev–Trinajstić information content (AvgIpc) is 2.41. The van der Waals surface area contributed by atoms with Gasteiger partial charge in [-0.1, -0.05) is 30.3 Å². The molecule has 0 bridgehead atoms. The number of hydrogen-bond donors (Lipinski definition) is 0. The molecule has 0 saturated heterocycles. The molecule has 2 aromatic rings. The lowest BCUT2D eigenvalue weighted by atomic mass is 10.2. The highest BCUT2D eigenvalue weighted by molar-refractivity contribution is 5.47. The van der Waals surface area contributed by atoms with E-state index in [1.807, 2.05) is 13.0 Å². The Morgan fingerprint density at radius 1 is 1.06 bits per heavy atom. The molecule has 0 amide bonds. The topological polar surface area (TPSA) is 29.0 Å². The van der Waals surface area contributed by atoms with Gasteiger partial charge >= 0.3 is 0 Å². The fourth-order valence-corrected chi connectivity index (χ4v) is 1.98. The maximum atomic E-state index is 4.42. The molecule has 3 heteroatoms. The van der Waals surface area contributed by atoms with Gasteiger partial charge in [0, 0.05) is 24.3 Å². The Hall–Kier alpha value is -1.90. The number of aryl methyl sites for hydroxylation is 1. The molecule has 0 saturated carbocycles. The second-order valence-corrected chi connectivity index (χ2v) is 4.41. The molecule has 0 fully saturated rings. The summed E-state index contributed by atoms with van der Waals surface area (Å²) in [5.74, 6) is 1.04. The molecule has 2 rings (SSSR count). The highest BCUT2D eigenvalue weighted by atomic mass is 15.2. The van der Waals surface area contributed by atoms with Crippen molar-refractivity contribution in [2.75, 3.05) is 11.4 Å². The zero-order valence-electron chi connectivity index (χ0n) is 11.2. The molecule has 0 atom stereocenters. The van der Waals surface area contributed by atoms with Gasteiger partial charge in [0.15, 0.2) is 0 Å². The smallest absolute Gasteiger partial charge is 0.135 e.